The average Bonchev–Trinajstić information content (AvgIpc) is 2.18. The quantitative estimate of drug-likeness (QED) is 0.354. The number of benzene rings is 1. The van der Waals surface area contributed by atoms with Crippen molar-refractivity contribution >= 4 is 17.4 Å². The SMILES string of the molecule is C#CCCCSc1ccc(N)c(C)c1. The molecule has 0 aliphatic heterocycles. The number of nitrogen functional groups attached to an aromatic ring is 1. The Balaban J connectivity index is 2.44. The maximum atomic E-state index is 5.73. The monoisotopic (exact) mass is 205 g/mol. The molecule has 0 unspecified atom stereocenters. The van der Waals surface area contributed by atoms with Crippen molar-refractivity contribution < 1.29 is 0 Å². The molecule has 14 heavy (non-hydrogen) atoms. The van der Waals surface area contributed by atoms with Crippen LogP contribution < -0.4 is 5.73 Å². The van der Waals surface area contributed by atoms with E-state index in [0.717, 1.165) is 29.8 Å². The lowest BCUT2D eigenvalue weighted by molar-refractivity contribution is 0.997. The van der Waals surface area contributed by atoms with Crippen LogP contribution in [0, 0.1) is 19.3 Å². The first-order valence-corrected chi connectivity index (χ1v) is 5.65. The molecule has 74 valence electrons. The molecular formula is C12H15NS. The second-order valence-electron chi connectivity index (χ2n) is 3.17. The molecule has 1 aromatic rings. The van der Waals surface area contributed by atoms with E-state index < -0.39 is 0 Å². The second kappa shape index (κ2) is 5.62. The van der Waals surface area contributed by atoms with Crippen LogP contribution in [0.1, 0.15) is 18.4 Å². The van der Waals surface area contributed by atoms with Crippen LogP contribution in [0.4, 0.5) is 5.69 Å². The van der Waals surface area contributed by atoms with Gasteiger partial charge in [0.05, 0.1) is 0 Å². The maximum Gasteiger partial charge on any atom is 0.0344 e. The molecule has 0 bridgehead atoms. The number of nitrogens with two attached hydrogens (primary N) is 1. The third kappa shape index (κ3) is 3.35. The van der Waals surface area contributed by atoms with E-state index in [1.165, 1.54) is 4.90 Å². The summed E-state index contributed by atoms with van der Waals surface area (Å²) >= 11 is 1.83. The van der Waals surface area contributed by atoms with E-state index in [4.69, 9.17) is 12.2 Å². The maximum absolute atomic E-state index is 5.73. The first kappa shape index (κ1) is 11.0. The summed E-state index contributed by atoms with van der Waals surface area (Å²) in [5, 5.41) is 0. The standard InChI is InChI=1S/C12H15NS/c1-3-4-5-8-14-11-6-7-12(13)10(2)9-11/h1,6-7,9H,4-5,8,13H2,2H3. The van der Waals surface area contributed by atoms with Crippen LogP contribution in [0.5, 0.6) is 0 Å². The van der Waals surface area contributed by atoms with Gasteiger partial charge in [-0.1, -0.05) is 0 Å². The summed E-state index contributed by atoms with van der Waals surface area (Å²) in [5.74, 6) is 3.72. The Hall–Kier alpha value is -1.07. The van der Waals surface area contributed by atoms with E-state index in [2.05, 4.69) is 18.1 Å². The number of unbranched alkanes of at least 4 members (excludes halogenated alkanes) is 1. The molecule has 0 radical (unpaired) electrons. The number of terminal acetylenes is 1. The van der Waals surface area contributed by atoms with E-state index in [1.807, 2.05) is 24.8 Å². The Kier molecular flexibility index (Phi) is 4.42. The lowest BCUT2D eigenvalue weighted by Crippen LogP contribution is -1.89. The zero-order chi connectivity index (χ0) is 10.4. The van der Waals surface area contributed by atoms with Crippen molar-refractivity contribution in [2.45, 2.75) is 24.7 Å². The van der Waals surface area contributed by atoms with Gasteiger partial charge >= 0.3 is 0 Å². The molecule has 1 aromatic carbocycles. The fraction of sp³-hybridized carbons (Fsp3) is 0.333. The van der Waals surface area contributed by atoms with Crippen LogP contribution in [0.3, 0.4) is 0 Å². The number of anilines is 1. The molecule has 0 saturated heterocycles. The minimum absolute atomic E-state index is 0.859. The Morgan fingerprint density at radius 2 is 2.29 bits per heavy atom. The van der Waals surface area contributed by atoms with Crippen molar-refractivity contribution in [1.82, 2.24) is 0 Å². The first-order chi connectivity index (χ1) is 6.74. The summed E-state index contributed by atoms with van der Waals surface area (Å²) in [4.78, 5) is 1.27. The summed E-state index contributed by atoms with van der Waals surface area (Å²) in [6.07, 6.45) is 7.11. The highest BCUT2D eigenvalue weighted by Crippen LogP contribution is 2.23. The highest BCUT2D eigenvalue weighted by molar-refractivity contribution is 7.99. The Bertz CT molecular complexity index is 339. The molecule has 0 aliphatic rings. The second-order valence-corrected chi connectivity index (χ2v) is 4.34. The predicted molar refractivity (Wildman–Crippen MR) is 64.4 cm³/mol. The molecule has 1 rings (SSSR count). The Morgan fingerprint density at radius 1 is 1.50 bits per heavy atom. The summed E-state index contributed by atoms with van der Waals surface area (Å²) in [6, 6.07) is 6.14. The van der Waals surface area contributed by atoms with E-state index in [0.29, 0.717) is 0 Å². The summed E-state index contributed by atoms with van der Waals surface area (Å²) in [5.41, 5.74) is 7.73. The van der Waals surface area contributed by atoms with E-state index >= 15 is 0 Å². The summed E-state index contributed by atoms with van der Waals surface area (Å²) in [6.45, 7) is 2.03. The molecular weight excluding hydrogens is 190 g/mol. The van der Waals surface area contributed by atoms with Crippen LogP contribution in [-0.2, 0) is 0 Å². The van der Waals surface area contributed by atoms with Crippen LogP contribution in [0.2, 0.25) is 0 Å². The van der Waals surface area contributed by atoms with Gasteiger partial charge < -0.3 is 5.73 Å². The smallest absolute Gasteiger partial charge is 0.0344 e. The summed E-state index contributed by atoms with van der Waals surface area (Å²) < 4.78 is 0. The fourth-order valence-electron chi connectivity index (χ4n) is 1.10. The van der Waals surface area contributed by atoms with Crippen LogP contribution in [0.25, 0.3) is 0 Å². The zero-order valence-corrected chi connectivity index (χ0v) is 9.23. The first-order valence-electron chi connectivity index (χ1n) is 4.66. The van der Waals surface area contributed by atoms with E-state index in [-0.39, 0.29) is 0 Å². The van der Waals surface area contributed by atoms with Gasteiger partial charge in [0, 0.05) is 17.0 Å². The topological polar surface area (TPSA) is 26.0 Å². The molecule has 0 amide bonds. The van der Waals surface area contributed by atoms with Crippen LogP contribution in [0.15, 0.2) is 23.1 Å². The zero-order valence-electron chi connectivity index (χ0n) is 8.42. The van der Waals surface area contributed by atoms with E-state index in [9.17, 15) is 0 Å². The normalized spacial score (nSPS) is 9.71. The van der Waals surface area contributed by atoms with Gasteiger partial charge in [-0.25, -0.2) is 0 Å². The third-order valence-corrected chi connectivity index (χ3v) is 3.06. The molecule has 0 fully saturated rings. The lowest BCUT2D eigenvalue weighted by atomic mass is 10.2. The van der Waals surface area contributed by atoms with Crippen LogP contribution >= 0.6 is 11.8 Å². The number of hydrogen-bond donors (Lipinski definition) is 1. The van der Waals surface area contributed by atoms with Gasteiger partial charge in [-0.3, -0.25) is 0 Å². The number of thioether (sulfide) groups is 1. The number of aryl methyl sites for hydroxylation is 1. The molecule has 0 atom stereocenters. The molecule has 2 heteroatoms. The van der Waals surface area contributed by atoms with Gasteiger partial charge in [-0.2, -0.15) is 0 Å². The van der Waals surface area contributed by atoms with Crippen molar-refractivity contribution in [1.29, 1.82) is 0 Å². The van der Waals surface area contributed by atoms with Crippen molar-refractivity contribution in [2.75, 3.05) is 11.5 Å². The minimum Gasteiger partial charge on any atom is -0.399 e. The lowest BCUT2D eigenvalue weighted by Gasteiger charge is -2.03. The van der Waals surface area contributed by atoms with Crippen molar-refractivity contribution in [2.24, 2.45) is 0 Å². The van der Waals surface area contributed by atoms with Gasteiger partial charge in [0.1, 0.15) is 0 Å². The Labute approximate surface area is 90.1 Å². The number of hydrogen-bond acceptors (Lipinski definition) is 2. The van der Waals surface area contributed by atoms with Gasteiger partial charge in [0.15, 0.2) is 0 Å². The molecule has 0 saturated carbocycles. The van der Waals surface area contributed by atoms with Gasteiger partial charge in [0.2, 0.25) is 0 Å². The van der Waals surface area contributed by atoms with Crippen LogP contribution in [-0.4, -0.2) is 5.75 Å². The largest absolute Gasteiger partial charge is 0.399 e. The van der Waals surface area contributed by atoms with Gasteiger partial charge in [-0.15, -0.1) is 24.1 Å². The molecule has 1 nitrogen and oxygen atoms in total. The molecule has 0 aliphatic carbocycles. The molecule has 0 aromatic heterocycles. The minimum atomic E-state index is 0.859. The molecule has 0 spiro atoms. The van der Waals surface area contributed by atoms with Crippen molar-refractivity contribution in [3.05, 3.63) is 23.8 Å². The van der Waals surface area contributed by atoms with Gasteiger partial charge in [-0.05, 0) is 42.9 Å². The highest BCUT2D eigenvalue weighted by atomic mass is 32.2. The third-order valence-electron chi connectivity index (χ3n) is 1.98. The predicted octanol–water partition coefficient (Wildman–Crippen LogP) is 3.08. The van der Waals surface area contributed by atoms with Gasteiger partial charge in [0.25, 0.3) is 0 Å². The number of rotatable bonds is 4. The van der Waals surface area contributed by atoms with E-state index in [1.54, 1.807) is 0 Å². The fourth-order valence-corrected chi connectivity index (χ4v) is 2.05. The highest BCUT2D eigenvalue weighted by Gasteiger charge is 1.97. The Morgan fingerprint density at radius 3 is 2.93 bits per heavy atom. The molecule has 2 N–H and O–H groups in total. The van der Waals surface area contributed by atoms with Crippen molar-refractivity contribution in [3.8, 4) is 12.3 Å². The molecule has 0 heterocycles. The van der Waals surface area contributed by atoms with Crippen molar-refractivity contribution in [3.63, 3.8) is 0 Å². The summed E-state index contributed by atoms with van der Waals surface area (Å²) in [7, 11) is 0. The average molecular weight is 205 g/mol.